The van der Waals surface area contributed by atoms with Crippen LogP contribution in [0, 0.1) is 18.8 Å². The van der Waals surface area contributed by atoms with Crippen LogP contribution in [-0.4, -0.2) is 33.4 Å². The topological polar surface area (TPSA) is 38.1 Å². The van der Waals surface area contributed by atoms with Gasteiger partial charge in [0.05, 0.1) is 0 Å². The molecule has 0 aromatic carbocycles. The van der Waals surface area contributed by atoms with Crippen molar-refractivity contribution in [3.63, 3.8) is 0 Å². The molecular formula is C17H25N3O. The number of allylic oxidation sites excluding steroid dienone is 2. The lowest BCUT2D eigenvalue weighted by molar-refractivity contribution is -0.130. The number of aryl methyl sites for hydroxylation is 2. The molecule has 3 rings (SSSR count). The number of carbonyl (C=O) groups is 1. The molecule has 1 aromatic rings. The first-order valence-electron chi connectivity index (χ1n) is 8.04. The molecule has 0 bridgehead atoms. The Bertz CT molecular complexity index is 546. The van der Waals surface area contributed by atoms with Crippen LogP contribution < -0.4 is 0 Å². The summed E-state index contributed by atoms with van der Waals surface area (Å²) in [6, 6.07) is 0. The maximum atomic E-state index is 12.4. The van der Waals surface area contributed by atoms with Crippen LogP contribution in [0.2, 0.25) is 0 Å². The Morgan fingerprint density at radius 1 is 1.33 bits per heavy atom. The number of nitrogens with zero attached hydrogens (tertiary/aromatic N) is 3. The summed E-state index contributed by atoms with van der Waals surface area (Å²) in [4.78, 5) is 18.7. The van der Waals surface area contributed by atoms with Crippen LogP contribution in [0.15, 0.2) is 24.0 Å². The Balaban J connectivity index is 1.46. The lowest BCUT2D eigenvalue weighted by Crippen LogP contribution is -2.29. The number of carbonyl (C=O) groups excluding carboxylic acids is 1. The predicted molar refractivity (Wildman–Crippen MR) is 82.7 cm³/mol. The fourth-order valence-electron chi connectivity index (χ4n) is 3.69. The van der Waals surface area contributed by atoms with E-state index in [0.29, 0.717) is 24.2 Å². The van der Waals surface area contributed by atoms with E-state index in [1.165, 1.54) is 12.0 Å². The van der Waals surface area contributed by atoms with Gasteiger partial charge in [0, 0.05) is 38.4 Å². The lowest BCUT2D eigenvalue weighted by Gasteiger charge is -2.21. The average Bonchev–Trinajstić information content (AvgIpc) is 3.05. The Morgan fingerprint density at radius 2 is 2.14 bits per heavy atom. The van der Waals surface area contributed by atoms with E-state index < -0.39 is 0 Å². The summed E-state index contributed by atoms with van der Waals surface area (Å²) in [7, 11) is 0. The molecule has 0 saturated carbocycles. The van der Waals surface area contributed by atoms with Gasteiger partial charge in [-0.15, -0.1) is 0 Å². The molecule has 1 aliphatic heterocycles. The zero-order valence-electron chi connectivity index (χ0n) is 13.1. The third kappa shape index (κ3) is 3.20. The van der Waals surface area contributed by atoms with Crippen molar-refractivity contribution in [1.82, 2.24) is 14.5 Å². The molecule has 21 heavy (non-hydrogen) atoms. The van der Waals surface area contributed by atoms with Crippen LogP contribution in [0.3, 0.4) is 0 Å². The first-order chi connectivity index (χ1) is 10.1. The fourth-order valence-corrected chi connectivity index (χ4v) is 3.69. The van der Waals surface area contributed by atoms with Crippen molar-refractivity contribution in [3.8, 4) is 0 Å². The van der Waals surface area contributed by atoms with Crippen LogP contribution in [0.1, 0.15) is 38.4 Å². The number of hydrogen-bond acceptors (Lipinski definition) is 2. The van der Waals surface area contributed by atoms with E-state index in [-0.39, 0.29) is 0 Å². The minimum atomic E-state index is 0.333. The summed E-state index contributed by atoms with van der Waals surface area (Å²) in [6.45, 7) is 7.05. The SMILES string of the molecule is CC1=CC[C@H]2CN(C(=O)CCCn3ccnc3C)C[C@H]2C1. The fraction of sp³-hybridized carbons (Fsp3) is 0.647. The second-order valence-electron chi connectivity index (χ2n) is 6.58. The number of amides is 1. The molecule has 114 valence electrons. The Labute approximate surface area is 126 Å². The quantitative estimate of drug-likeness (QED) is 0.799. The number of aromatic nitrogens is 2. The van der Waals surface area contributed by atoms with Gasteiger partial charge in [0.25, 0.3) is 0 Å². The second-order valence-corrected chi connectivity index (χ2v) is 6.58. The van der Waals surface area contributed by atoms with E-state index in [1.54, 1.807) is 0 Å². The monoisotopic (exact) mass is 287 g/mol. The highest BCUT2D eigenvalue weighted by Crippen LogP contribution is 2.35. The highest BCUT2D eigenvalue weighted by molar-refractivity contribution is 5.76. The molecule has 2 heterocycles. The van der Waals surface area contributed by atoms with Crippen LogP contribution in [-0.2, 0) is 11.3 Å². The molecule has 0 spiro atoms. The lowest BCUT2D eigenvalue weighted by atomic mass is 9.83. The normalized spacial score (nSPS) is 24.9. The summed E-state index contributed by atoms with van der Waals surface area (Å²) >= 11 is 0. The van der Waals surface area contributed by atoms with Gasteiger partial charge < -0.3 is 9.47 Å². The molecule has 0 radical (unpaired) electrons. The number of likely N-dealkylation sites (tertiary alicyclic amines) is 1. The van der Waals surface area contributed by atoms with Crippen LogP contribution in [0.5, 0.6) is 0 Å². The van der Waals surface area contributed by atoms with E-state index in [0.717, 1.165) is 38.3 Å². The smallest absolute Gasteiger partial charge is 0.222 e. The molecule has 1 aromatic heterocycles. The molecule has 1 fully saturated rings. The minimum Gasteiger partial charge on any atom is -0.342 e. The molecule has 1 saturated heterocycles. The van der Waals surface area contributed by atoms with Crippen LogP contribution >= 0.6 is 0 Å². The molecular weight excluding hydrogens is 262 g/mol. The van der Waals surface area contributed by atoms with Gasteiger partial charge in [-0.1, -0.05) is 11.6 Å². The summed E-state index contributed by atoms with van der Waals surface area (Å²) in [5.41, 5.74) is 1.50. The van der Waals surface area contributed by atoms with Crippen molar-refractivity contribution in [2.24, 2.45) is 11.8 Å². The van der Waals surface area contributed by atoms with Gasteiger partial charge in [-0.3, -0.25) is 4.79 Å². The first kappa shape index (κ1) is 14.4. The summed E-state index contributed by atoms with van der Waals surface area (Å²) in [5.74, 6) is 2.76. The molecule has 0 N–H and O–H groups in total. The Hall–Kier alpha value is -1.58. The molecule has 4 nitrogen and oxygen atoms in total. The molecule has 0 unspecified atom stereocenters. The van der Waals surface area contributed by atoms with E-state index in [9.17, 15) is 4.79 Å². The summed E-state index contributed by atoms with van der Waals surface area (Å²) in [6.07, 6.45) is 10.1. The first-order valence-corrected chi connectivity index (χ1v) is 8.04. The van der Waals surface area contributed by atoms with Gasteiger partial charge in [0.1, 0.15) is 5.82 Å². The molecule has 4 heteroatoms. The third-order valence-corrected chi connectivity index (χ3v) is 5.00. The number of rotatable bonds is 4. The van der Waals surface area contributed by atoms with E-state index >= 15 is 0 Å². The van der Waals surface area contributed by atoms with Crippen molar-refractivity contribution in [1.29, 1.82) is 0 Å². The van der Waals surface area contributed by atoms with E-state index in [2.05, 4.69) is 27.5 Å². The molecule has 1 amide bonds. The molecule has 2 aliphatic rings. The van der Waals surface area contributed by atoms with E-state index in [1.807, 2.05) is 19.3 Å². The van der Waals surface area contributed by atoms with Crippen molar-refractivity contribution in [3.05, 3.63) is 29.9 Å². The average molecular weight is 287 g/mol. The maximum absolute atomic E-state index is 12.4. The van der Waals surface area contributed by atoms with Crippen molar-refractivity contribution in [2.45, 2.75) is 46.1 Å². The second kappa shape index (κ2) is 6.04. The zero-order chi connectivity index (χ0) is 14.8. The third-order valence-electron chi connectivity index (χ3n) is 5.00. The van der Waals surface area contributed by atoms with Gasteiger partial charge in [0.2, 0.25) is 5.91 Å². The van der Waals surface area contributed by atoms with E-state index in [4.69, 9.17) is 0 Å². The van der Waals surface area contributed by atoms with Gasteiger partial charge in [-0.05, 0) is 44.9 Å². The van der Waals surface area contributed by atoms with Gasteiger partial charge >= 0.3 is 0 Å². The standard InChI is InChI=1S/C17H25N3O/c1-13-5-6-15-11-20(12-16(15)10-13)17(21)4-3-8-19-9-7-18-14(19)2/h5,7,9,15-16H,3-4,6,8,10-12H2,1-2H3/t15-,16+/m0/s1. The van der Waals surface area contributed by atoms with Gasteiger partial charge in [0.15, 0.2) is 0 Å². The molecule has 1 aliphatic carbocycles. The summed E-state index contributed by atoms with van der Waals surface area (Å²) < 4.78 is 2.12. The minimum absolute atomic E-state index is 0.333. The van der Waals surface area contributed by atoms with Crippen molar-refractivity contribution in [2.75, 3.05) is 13.1 Å². The number of hydrogen-bond donors (Lipinski definition) is 0. The van der Waals surface area contributed by atoms with Crippen LogP contribution in [0.25, 0.3) is 0 Å². The Morgan fingerprint density at radius 3 is 2.90 bits per heavy atom. The number of fused-ring (bicyclic) bond motifs is 1. The van der Waals surface area contributed by atoms with Crippen molar-refractivity contribution >= 4 is 5.91 Å². The largest absolute Gasteiger partial charge is 0.342 e. The molecule has 2 atom stereocenters. The maximum Gasteiger partial charge on any atom is 0.222 e. The van der Waals surface area contributed by atoms with Crippen LogP contribution in [0.4, 0.5) is 0 Å². The van der Waals surface area contributed by atoms with Crippen molar-refractivity contribution < 1.29 is 4.79 Å². The zero-order valence-corrected chi connectivity index (χ0v) is 13.1. The number of imidazole rings is 1. The Kier molecular flexibility index (Phi) is 4.13. The highest BCUT2D eigenvalue weighted by atomic mass is 16.2. The highest BCUT2D eigenvalue weighted by Gasteiger charge is 2.35. The predicted octanol–water partition coefficient (Wildman–Crippen LogP) is 2.79. The van der Waals surface area contributed by atoms with Gasteiger partial charge in [-0.2, -0.15) is 0 Å². The summed E-state index contributed by atoms with van der Waals surface area (Å²) in [5, 5.41) is 0. The van der Waals surface area contributed by atoms with Gasteiger partial charge in [-0.25, -0.2) is 4.98 Å².